The van der Waals surface area contributed by atoms with Crippen LogP contribution in [0, 0.1) is 6.92 Å². The molecule has 0 bridgehead atoms. The third-order valence-corrected chi connectivity index (χ3v) is 5.43. The minimum absolute atomic E-state index is 0.115. The van der Waals surface area contributed by atoms with Gasteiger partial charge in [0.15, 0.2) is 5.78 Å². The van der Waals surface area contributed by atoms with Gasteiger partial charge in [-0.15, -0.1) is 11.3 Å². The third kappa shape index (κ3) is 3.45. The monoisotopic (exact) mass is 392 g/mol. The van der Waals surface area contributed by atoms with E-state index >= 15 is 0 Å². The lowest BCUT2D eigenvalue weighted by Crippen LogP contribution is -2.05. The van der Waals surface area contributed by atoms with Gasteiger partial charge in [-0.2, -0.15) is 0 Å². The molecule has 0 aliphatic rings. The van der Waals surface area contributed by atoms with Crippen LogP contribution in [0.4, 0.5) is 5.69 Å². The Hall–Kier alpha value is -3.29. The molecule has 140 valence electrons. The molecule has 0 radical (unpaired) electrons. The summed E-state index contributed by atoms with van der Waals surface area (Å²) in [6, 6.07) is 13.7. The number of carbonyl (C=O) groups excluding carboxylic acids is 1. The summed E-state index contributed by atoms with van der Waals surface area (Å²) in [5.41, 5.74) is 5.01. The number of hydrogen-bond acceptors (Lipinski definition) is 7. The van der Waals surface area contributed by atoms with Crippen molar-refractivity contribution in [1.29, 1.82) is 0 Å². The Balaban J connectivity index is 1.54. The summed E-state index contributed by atoms with van der Waals surface area (Å²) >= 11 is 1.42. The molecule has 28 heavy (non-hydrogen) atoms. The fraction of sp³-hybridized carbons (Fsp3) is 0.0952. The Kier molecular flexibility index (Phi) is 4.77. The Labute approximate surface area is 164 Å². The van der Waals surface area contributed by atoms with Crippen LogP contribution in [0.1, 0.15) is 32.9 Å². The van der Waals surface area contributed by atoms with Crippen molar-refractivity contribution in [2.24, 2.45) is 0 Å². The van der Waals surface area contributed by atoms with Crippen LogP contribution < -0.4 is 11.1 Å². The van der Waals surface area contributed by atoms with Crippen LogP contribution in [0.5, 0.6) is 0 Å². The molecule has 0 fully saturated rings. The smallest absolute Gasteiger partial charge is 0.348 e. The van der Waals surface area contributed by atoms with Gasteiger partial charge in [0.2, 0.25) is 5.89 Å². The van der Waals surface area contributed by atoms with Crippen molar-refractivity contribution in [3.05, 3.63) is 92.5 Å². The quantitative estimate of drug-likeness (QED) is 0.391. The van der Waals surface area contributed by atoms with Crippen molar-refractivity contribution in [2.75, 3.05) is 5.48 Å². The molecule has 2 aromatic heterocycles. The zero-order valence-electron chi connectivity index (χ0n) is 14.9. The van der Waals surface area contributed by atoms with E-state index < -0.39 is 0 Å². The highest BCUT2D eigenvalue weighted by Gasteiger charge is 2.12. The maximum Gasteiger partial charge on any atom is 0.348 e. The number of anilines is 1. The van der Waals surface area contributed by atoms with E-state index in [1.807, 2.05) is 29.9 Å². The molecule has 0 atom stereocenters. The first kappa shape index (κ1) is 18.1. The minimum atomic E-state index is -0.369. The molecule has 7 heteroatoms. The number of hydrogen-bond donors (Lipinski definition) is 2. The van der Waals surface area contributed by atoms with Gasteiger partial charge in [-0.1, -0.05) is 24.3 Å². The molecule has 4 rings (SSSR count). The lowest BCUT2D eigenvalue weighted by molar-refractivity contribution is 0.103. The lowest BCUT2D eigenvalue weighted by atomic mass is 10.0. The second-order valence-corrected chi connectivity index (χ2v) is 7.24. The van der Waals surface area contributed by atoms with Gasteiger partial charge in [-0.05, 0) is 47.7 Å². The highest BCUT2D eigenvalue weighted by Crippen LogP contribution is 2.21. The summed E-state index contributed by atoms with van der Waals surface area (Å²) in [5, 5.41) is 11.3. The number of fused-ring (bicyclic) bond motifs is 1. The Morgan fingerprint density at radius 2 is 1.75 bits per heavy atom. The highest BCUT2D eigenvalue weighted by molar-refractivity contribution is 7.16. The zero-order valence-corrected chi connectivity index (χ0v) is 15.7. The fourth-order valence-corrected chi connectivity index (χ4v) is 3.87. The molecule has 0 amide bonds. The average molecular weight is 392 g/mol. The number of nitrogens with zero attached hydrogens (tertiary/aromatic N) is 1. The summed E-state index contributed by atoms with van der Waals surface area (Å²) in [4.78, 5) is 29.8. The van der Waals surface area contributed by atoms with Gasteiger partial charge >= 0.3 is 5.63 Å². The predicted molar refractivity (Wildman–Crippen MR) is 107 cm³/mol. The molecule has 2 aromatic carbocycles. The lowest BCUT2D eigenvalue weighted by Gasteiger charge is -2.05. The van der Waals surface area contributed by atoms with E-state index in [0.717, 1.165) is 11.1 Å². The van der Waals surface area contributed by atoms with Crippen LogP contribution >= 0.6 is 11.3 Å². The first-order valence-corrected chi connectivity index (χ1v) is 9.45. The van der Waals surface area contributed by atoms with Crippen molar-refractivity contribution < 1.29 is 14.4 Å². The largest absolute Gasteiger partial charge is 0.407 e. The van der Waals surface area contributed by atoms with E-state index in [0.29, 0.717) is 39.3 Å². The minimum Gasteiger partial charge on any atom is -0.407 e. The maximum atomic E-state index is 12.6. The van der Waals surface area contributed by atoms with Crippen LogP contribution in [0.3, 0.4) is 0 Å². The van der Waals surface area contributed by atoms with E-state index in [4.69, 9.17) is 9.62 Å². The van der Waals surface area contributed by atoms with Gasteiger partial charge in [-0.25, -0.2) is 9.78 Å². The van der Waals surface area contributed by atoms with Gasteiger partial charge < -0.3 is 4.42 Å². The average Bonchev–Trinajstić information content (AvgIpc) is 3.09. The summed E-state index contributed by atoms with van der Waals surface area (Å²) in [6.07, 6.45) is 0.369. The second kappa shape index (κ2) is 7.38. The van der Waals surface area contributed by atoms with Gasteiger partial charge in [0.25, 0.3) is 0 Å². The molecule has 2 heterocycles. The van der Waals surface area contributed by atoms with E-state index in [1.165, 1.54) is 11.3 Å². The van der Waals surface area contributed by atoms with Crippen molar-refractivity contribution >= 4 is 33.0 Å². The van der Waals surface area contributed by atoms with E-state index in [2.05, 4.69) is 4.98 Å². The first-order chi connectivity index (χ1) is 13.5. The number of aryl methyl sites for hydroxylation is 1. The number of rotatable bonds is 5. The SMILES string of the molecule is Cc1csc2nc(Cc3ccc(C(=O)c4ccc(NO)cc4)cc3)oc(=O)c12. The first-order valence-electron chi connectivity index (χ1n) is 8.57. The van der Waals surface area contributed by atoms with E-state index in [1.54, 1.807) is 36.4 Å². The standard InChI is InChI=1S/C21H16N2O4S/c1-12-11-28-20-18(12)21(25)27-17(22-20)10-13-2-4-14(5-3-13)19(24)15-6-8-16(23-26)9-7-15/h2-9,11,23,26H,10H2,1H3. The molecule has 0 saturated carbocycles. The zero-order chi connectivity index (χ0) is 19.7. The van der Waals surface area contributed by atoms with Crippen molar-refractivity contribution in [1.82, 2.24) is 4.98 Å². The van der Waals surface area contributed by atoms with Crippen LogP contribution in [-0.2, 0) is 6.42 Å². The molecule has 0 spiro atoms. The van der Waals surface area contributed by atoms with Gasteiger partial charge in [0.05, 0.1) is 11.1 Å². The Morgan fingerprint density at radius 1 is 1.11 bits per heavy atom. The third-order valence-electron chi connectivity index (χ3n) is 4.44. The summed E-state index contributed by atoms with van der Waals surface area (Å²) in [6.45, 7) is 1.86. The molecule has 0 saturated heterocycles. The van der Waals surface area contributed by atoms with Crippen LogP contribution in [0.25, 0.3) is 10.2 Å². The van der Waals surface area contributed by atoms with Crippen LogP contribution in [0.15, 0.2) is 63.1 Å². The van der Waals surface area contributed by atoms with E-state index in [9.17, 15) is 9.59 Å². The molecule has 6 nitrogen and oxygen atoms in total. The van der Waals surface area contributed by atoms with Gasteiger partial charge in [0.1, 0.15) is 4.83 Å². The van der Waals surface area contributed by atoms with Crippen molar-refractivity contribution in [3.8, 4) is 0 Å². The number of aromatic nitrogens is 1. The highest BCUT2D eigenvalue weighted by atomic mass is 32.1. The molecule has 4 aromatic rings. The van der Waals surface area contributed by atoms with Crippen LogP contribution in [-0.4, -0.2) is 16.0 Å². The maximum absolute atomic E-state index is 12.6. The molecule has 2 N–H and O–H groups in total. The molecular formula is C21H16N2O4S. The molecule has 0 aliphatic heterocycles. The molecular weight excluding hydrogens is 376 g/mol. The topological polar surface area (TPSA) is 92.4 Å². The van der Waals surface area contributed by atoms with Crippen molar-refractivity contribution in [3.63, 3.8) is 0 Å². The number of thiophene rings is 1. The predicted octanol–water partition coefficient (Wildman–Crippen LogP) is 4.18. The van der Waals surface area contributed by atoms with E-state index in [-0.39, 0.29) is 11.4 Å². The Bertz CT molecular complexity index is 1210. The molecule has 0 aliphatic carbocycles. The fourth-order valence-electron chi connectivity index (χ4n) is 2.94. The molecule has 0 unspecified atom stereocenters. The van der Waals surface area contributed by atoms with Crippen molar-refractivity contribution in [2.45, 2.75) is 13.3 Å². The summed E-state index contributed by atoms with van der Waals surface area (Å²) in [5.74, 6) is 0.238. The number of carbonyl (C=O) groups is 1. The Morgan fingerprint density at radius 3 is 2.39 bits per heavy atom. The summed E-state index contributed by atoms with van der Waals surface area (Å²) < 4.78 is 5.35. The van der Waals surface area contributed by atoms with Crippen LogP contribution in [0.2, 0.25) is 0 Å². The normalized spacial score (nSPS) is 10.9. The number of ketones is 1. The summed E-state index contributed by atoms with van der Waals surface area (Å²) in [7, 11) is 0. The second-order valence-electron chi connectivity index (χ2n) is 6.39. The van der Waals surface area contributed by atoms with Gasteiger partial charge in [0, 0.05) is 17.5 Å². The number of benzene rings is 2. The number of nitrogens with one attached hydrogen (secondary N) is 1. The van der Waals surface area contributed by atoms with Gasteiger partial charge in [-0.3, -0.25) is 15.5 Å².